The summed E-state index contributed by atoms with van der Waals surface area (Å²) in [6.07, 6.45) is 1.88. The highest BCUT2D eigenvalue weighted by Crippen LogP contribution is 2.23. The second kappa shape index (κ2) is 8.36. The summed E-state index contributed by atoms with van der Waals surface area (Å²) in [5.74, 6) is -0.200. The standard InChI is InChI=1S/C20H26N2O3S/c1-5-7-16(3)21-20(23)17-8-6-9-18(14-17)22(4)26(24,25)19-12-10-15(2)11-13-19/h6,8-14,16H,5,7H2,1-4H3,(H,21,23)/t16-/m1/s1. The average molecular weight is 375 g/mol. The molecule has 0 aliphatic rings. The number of carbonyl (C=O) groups excluding carboxylic acids is 1. The normalized spacial score (nSPS) is 12.5. The van der Waals surface area contributed by atoms with Crippen molar-refractivity contribution in [2.24, 2.45) is 0 Å². The first-order chi connectivity index (χ1) is 12.3. The second-order valence-electron chi connectivity index (χ2n) is 6.50. The smallest absolute Gasteiger partial charge is 0.264 e. The molecule has 0 bridgehead atoms. The van der Waals surface area contributed by atoms with Gasteiger partial charge >= 0.3 is 0 Å². The first-order valence-corrected chi connectivity index (χ1v) is 10.2. The number of nitrogens with one attached hydrogen (secondary N) is 1. The Balaban J connectivity index is 2.25. The maximum atomic E-state index is 12.8. The molecule has 0 spiro atoms. The van der Waals surface area contributed by atoms with Gasteiger partial charge in [-0.05, 0) is 50.6 Å². The summed E-state index contributed by atoms with van der Waals surface area (Å²) in [7, 11) is -2.19. The van der Waals surface area contributed by atoms with Crippen LogP contribution in [0.5, 0.6) is 0 Å². The van der Waals surface area contributed by atoms with Crippen molar-refractivity contribution in [2.45, 2.75) is 44.6 Å². The fraction of sp³-hybridized carbons (Fsp3) is 0.350. The molecule has 1 amide bonds. The van der Waals surface area contributed by atoms with Gasteiger partial charge in [-0.25, -0.2) is 8.42 Å². The molecule has 0 aromatic heterocycles. The molecule has 0 fully saturated rings. The van der Waals surface area contributed by atoms with E-state index in [4.69, 9.17) is 0 Å². The Morgan fingerprint density at radius 1 is 1.15 bits per heavy atom. The summed E-state index contributed by atoms with van der Waals surface area (Å²) in [4.78, 5) is 12.6. The zero-order valence-electron chi connectivity index (χ0n) is 15.7. The van der Waals surface area contributed by atoms with E-state index in [0.29, 0.717) is 11.3 Å². The second-order valence-corrected chi connectivity index (χ2v) is 8.47. The number of aryl methyl sites for hydroxylation is 1. The minimum atomic E-state index is -3.68. The van der Waals surface area contributed by atoms with E-state index in [9.17, 15) is 13.2 Å². The molecule has 2 rings (SSSR count). The molecule has 2 aromatic carbocycles. The number of benzene rings is 2. The third-order valence-corrected chi connectivity index (χ3v) is 6.05. The lowest BCUT2D eigenvalue weighted by Gasteiger charge is -2.20. The Labute approximate surface area is 156 Å². The predicted molar refractivity (Wildman–Crippen MR) is 105 cm³/mol. The highest BCUT2D eigenvalue weighted by molar-refractivity contribution is 7.92. The van der Waals surface area contributed by atoms with Crippen LogP contribution in [0.25, 0.3) is 0 Å². The predicted octanol–water partition coefficient (Wildman–Crippen LogP) is 3.74. The minimum absolute atomic E-state index is 0.0742. The number of amides is 1. The lowest BCUT2D eigenvalue weighted by molar-refractivity contribution is 0.0938. The Morgan fingerprint density at radius 2 is 1.81 bits per heavy atom. The summed E-state index contributed by atoms with van der Waals surface area (Å²) in [5, 5.41) is 2.93. The van der Waals surface area contributed by atoms with Crippen LogP contribution in [0.15, 0.2) is 53.4 Å². The lowest BCUT2D eigenvalue weighted by Crippen LogP contribution is -2.32. The van der Waals surface area contributed by atoms with E-state index >= 15 is 0 Å². The highest BCUT2D eigenvalue weighted by atomic mass is 32.2. The van der Waals surface area contributed by atoms with Crippen LogP contribution in [0.1, 0.15) is 42.6 Å². The van der Waals surface area contributed by atoms with E-state index in [2.05, 4.69) is 12.2 Å². The zero-order valence-corrected chi connectivity index (χ0v) is 16.5. The van der Waals surface area contributed by atoms with Gasteiger partial charge in [0.15, 0.2) is 0 Å². The molecule has 2 aromatic rings. The van der Waals surface area contributed by atoms with E-state index < -0.39 is 10.0 Å². The zero-order chi connectivity index (χ0) is 19.3. The van der Waals surface area contributed by atoms with E-state index in [1.807, 2.05) is 13.8 Å². The van der Waals surface area contributed by atoms with Crippen molar-refractivity contribution in [3.05, 3.63) is 59.7 Å². The van der Waals surface area contributed by atoms with Crippen LogP contribution in [-0.4, -0.2) is 27.4 Å². The third kappa shape index (κ3) is 4.64. The van der Waals surface area contributed by atoms with Gasteiger partial charge < -0.3 is 5.32 Å². The monoisotopic (exact) mass is 374 g/mol. The van der Waals surface area contributed by atoms with E-state index in [1.54, 1.807) is 48.5 Å². The van der Waals surface area contributed by atoms with Crippen LogP contribution in [0.2, 0.25) is 0 Å². The van der Waals surface area contributed by atoms with Crippen LogP contribution in [0, 0.1) is 6.92 Å². The summed E-state index contributed by atoms with van der Waals surface area (Å²) in [5.41, 5.74) is 1.88. The van der Waals surface area contributed by atoms with Gasteiger partial charge in [-0.15, -0.1) is 0 Å². The number of hydrogen-bond acceptors (Lipinski definition) is 3. The Hall–Kier alpha value is -2.34. The quantitative estimate of drug-likeness (QED) is 0.803. The maximum Gasteiger partial charge on any atom is 0.264 e. The molecule has 140 valence electrons. The van der Waals surface area contributed by atoms with Crippen molar-refractivity contribution in [1.82, 2.24) is 5.32 Å². The number of sulfonamides is 1. The first kappa shape index (κ1) is 20.0. The van der Waals surface area contributed by atoms with Gasteiger partial charge in [0.2, 0.25) is 0 Å². The topological polar surface area (TPSA) is 66.5 Å². The molecule has 6 heteroatoms. The molecule has 1 N–H and O–H groups in total. The van der Waals surface area contributed by atoms with Crippen molar-refractivity contribution in [3.8, 4) is 0 Å². The van der Waals surface area contributed by atoms with Gasteiger partial charge in [0.25, 0.3) is 15.9 Å². The molecule has 0 heterocycles. The summed E-state index contributed by atoms with van der Waals surface area (Å²) >= 11 is 0. The molecule has 0 aliphatic carbocycles. The fourth-order valence-electron chi connectivity index (χ4n) is 2.66. The molecular weight excluding hydrogens is 348 g/mol. The molecule has 0 saturated heterocycles. The van der Waals surface area contributed by atoms with Crippen molar-refractivity contribution >= 4 is 21.6 Å². The molecule has 26 heavy (non-hydrogen) atoms. The molecule has 0 aliphatic heterocycles. The number of nitrogens with zero attached hydrogens (tertiary/aromatic N) is 1. The summed E-state index contributed by atoms with van der Waals surface area (Å²) in [6, 6.07) is 13.4. The Kier molecular flexibility index (Phi) is 6.42. The molecule has 0 radical (unpaired) electrons. The SMILES string of the molecule is CCC[C@@H](C)NC(=O)c1cccc(N(C)S(=O)(=O)c2ccc(C)cc2)c1. The minimum Gasteiger partial charge on any atom is -0.350 e. The van der Waals surface area contributed by atoms with E-state index in [-0.39, 0.29) is 16.8 Å². The van der Waals surface area contributed by atoms with E-state index in [1.165, 1.54) is 11.4 Å². The molecule has 5 nitrogen and oxygen atoms in total. The van der Waals surface area contributed by atoms with Crippen LogP contribution >= 0.6 is 0 Å². The molecule has 0 saturated carbocycles. The Morgan fingerprint density at radius 3 is 2.42 bits per heavy atom. The molecular formula is C20H26N2O3S. The summed E-state index contributed by atoms with van der Waals surface area (Å²) < 4.78 is 26.8. The van der Waals surface area contributed by atoms with Crippen LogP contribution in [0.4, 0.5) is 5.69 Å². The Bertz CT molecular complexity index is 861. The largest absolute Gasteiger partial charge is 0.350 e. The van der Waals surface area contributed by atoms with Crippen LogP contribution in [0.3, 0.4) is 0 Å². The van der Waals surface area contributed by atoms with Gasteiger partial charge in [0.05, 0.1) is 10.6 Å². The van der Waals surface area contributed by atoms with Crippen LogP contribution < -0.4 is 9.62 Å². The van der Waals surface area contributed by atoms with E-state index in [0.717, 1.165) is 18.4 Å². The maximum absolute atomic E-state index is 12.8. The van der Waals surface area contributed by atoms with Crippen molar-refractivity contribution < 1.29 is 13.2 Å². The number of carbonyl (C=O) groups is 1. The molecule has 1 atom stereocenters. The number of rotatable bonds is 7. The van der Waals surface area contributed by atoms with Crippen LogP contribution in [-0.2, 0) is 10.0 Å². The highest BCUT2D eigenvalue weighted by Gasteiger charge is 2.22. The average Bonchev–Trinajstić information content (AvgIpc) is 2.61. The van der Waals surface area contributed by atoms with Gasteiger partial charge in [0, 0.05) is 18.7 Å². The molecule has 0 unspecified atom stereocenters. The third-order valence-electron chi connectivity index (χ3n) is 4.25. The van der Waals surface area contributed by atoms with Gasteiger partial charge in [-0.1, -0.05) is 37.1 Å². The van der Waals surface area contributed by atoms with Crippen molar-refractivity contribution in [2.75, 3.05) is 11.4 Å². The van der Waals surface area contributed by atoms with Gasteiger partial charge in [-0.2, -0.15) is 0 Å². The van der Waals surface area contributed by atoms with Gasteiger partial charge in [0.1, 0.15) is 0 Å². The number of anilines is 1. The first-order valence-electron chi connectivity index (χ1n) is 8.72. The van der Waals surface area contributed by atoms with Crippen molar-refractivity contribution in [1.29, 1.82) is 0 Å². The summed E-state index contributed by atoms with van der Waals surface area (Å²) in [6.45, 7) is 5.93. The fourth-order valence-corrected chi connectivity index (χ4v) is 3.85. The lowest BCUT2D eigenvalue weighted by atomic mass is 10.1. The van der Waals surface area contributed by atoms with Crippen molar-refractivity contribution in [3.63, 3.8) is 0 Å². The number of hydrogen-bond donors (Lipinski definition) is 1. The van der Waals surface area contributed by atoms with Gasteiger partial charge in [-0.3, -0.25) is 9.10 Å².